The average molecular weight is 1080 g/mol. The number of hydrogen-bond donors (Lipinski definition) is 0. The Morgan fingerprint density at radius 1 is 0.169 bits per heavy atom. The Morgan fingerprint density at radius 2 is 0.351 bits per heavy atom. The van der Waals surface area contributed by atoms with Crippen LogP contribution in [0.3, 0.4) is 0 Å². The van der Waals surface area contributed by atoms with Gasteiger partial charge < -0.3 is 4.74 Å². The van der Waals surface area contributed by atoms with E-state index >= 15 is 0 Å². The molecule has 0 radical (unpaired) electrons. The van der Waals surface area contributed by atoms with Crippen LogP contribution in [0.5, 0.6) is 0 Å². The Labute approximate surface area is 491 Å². The number of ether oxygens (including phenoxy) is 1. The van der Waals surface area contributed by atoms with Gasteiger partial charge in [-0.3, -0.25) is 0 Å². The van der Waals surface area contributed by atoms with Gasteiger partial charge in [0.15, 0.2) is 0 Å². The van der Waals surface area contributed by atoms with Gasteiger partial charge in [0, 0.05) is 0 Å². The quantitative estimate of drug-likeness (QED) is 0.0552. The van der Waals surface area contributed by atoms with Gasteiger partial charge in [-0.05, 0) is 85.9 Å². The molecule has 0 saturated carbocycles. The summed E-state index contributed by atoms with van der Waals surface area (Å²) in [5.41, 5.74) is 0. The van der Waals surface area contributed by atoms with Crippen LogP contribution >= 0.6 is 0 Å². The standard InChI is InChI=1S/C76H154O/c1-13-15-17-19-21-23-25-27-29-31-33-35-37-39-41-61-75(65-63-73(11)59-47-57-71(9)55-45-53-69(7)51-43-49-67(3)4)77-76(62-42-40-38-36-34-32-30-28-26-24-22-20-18-16-14-2)66-64-74(12)60-48-58-72(10)56-46-54-70(8)52-44-50-68(5)6/h67-76H,13-66H2,1-12H3. The summed E-state index contributed by atoms with van der Waals surface area (Å²) in [6.07, 6.45) is 77.9. The van der Waals surface area contributed by atoms with Crippen molar-refractivity contribution in [2.75, 3.05) is 0 Å². The number of unbranched alkanes of at least 4 members (excludes halogenated alkanes) is 28. The molecule has 0 aliphatic rings. The normalized spacial score (nSPS) is 15.4. The summed E-state index contributed by atoms with van der Waals surface area (Å²) in [6, 6.07) is 0. The molecule has 0 spiro atoms. The third-order valence-electron chi connectivity index (χ3n) is 19.1. The predicted octanol–water partition coefficient (Wildman–Crippen LogP) is 28.0. The summed E-state index contributed by atoms with van der Waals surface area (Å²) in [5.74, 6) is 6.97. The molecule has 0 heterocycles. The van der Waals surface area contributed by atoms with Crippen LogP contribution in [-0.2, 0) is 4.74 Å². The first-order valence-electron chi connectivity index (χ1n) is 37.0. The zero-order valence-electron chi connectivity index (χ0n) is 56.4. The second kappa shape index (κ2) is 59.1. The minimum atomic E-state index is 0.469. The molecule has 0 saturated heterocycles. The second-order valence-electron chi connectivity index (χ2n) is 29.0. The van der Waals surface area contributed by atoms with Crippen LogP contribution in [0.1, 0.15) is 430 Å². The van der Waals surface area contributed by atoms with E-state index in [0.717, 1.165) is 47.3 Å². The summed E-state index contributed by atoms with van der Waals surface area (Å²) in [5, 5.41) is 0. The molecule has 0 aliphatic heterocycles. The Morgan fingerprint density at radius 3 is 0.558 bits per heavy atom. The van der Waals surface area contributed by atoms with Crippen molar-refractivity contribution in [2.45, 2.75) is 442 Å². The lowest BCUT2D eigenvalue weighted by Crippen LogP contribution is -2.24. The van der Waals surface area contributed by atoms with Gasteiger partial charge in [0.05, 0.1) is 12.2 Å². The Balaban J connectivity index is 5.32. The summed E-state index contributed by atoms with van der Waals surface area (Å²) in [7, 11) is 0. The topological polar surface area (TPSA) is 9.23 Å². The van der Waals surface area contributed by atoms with Crippen LogP contribution < -0.4 is 0 Å². The van der Waals surface area contributed by atoms with Crippen molar-refractivity contribution in [2.24, 2.45) is 47.3 Å². The molecule has 0 bridgehead atoms. The first-order valence-corrected chi connectivity index (χ1v) is 37.0. The monoisotopic (exact) mass is 1080 g/mol. The highest BCUT2D eigenvalue weighted by Crippen LogP contribution is 2.29. The molecule has 0 amide bonds. The number of hydrogen-bond acceptors (Lipinski definition) is 1. The molecular weight excluding hydrogens is 929 g/mol. The molecule has 464 valence electrons. The van der Waals surface area contributed by atoms with Crippen LogP contribution in [-0.4, -0.2) is 12.2 Å². The predicted molar refractivity (Wildman–Crippen MR) is 354 cm³/mol. The molecule has 0 fully saturated rings. The molecule has 77 heavy (non-hydrogen) atoms. The molecule has 1 nitrogen and oxygen atoms in total. The number of rotatable bonds is 64. The van der Waals surface area contributed by atoms with Crippen molar-refractivity contribution in [3.05, 3.63) is 0 Å². The van der Waals surface area contributed by atoms with E-state index in [2.05, 4.69) is 83.1 Å². The van der Waals surface area contributed by atoms with Crippen LogP contribution in [0.25, 0.3) is 0 Å². The Kier molecular flexibility index (Phi) is 59.1. The van der Waals surface area contributed by atoms with Crippen LogP contribution in [0.15, 0.2) is 0 Å². The minimum absolute atomic E-state index is 0.469. The maximum atomic E-state index is 7.47. The fraction of sp³-hybridized carbons (Fsp3) is 1.00. The molecule has 0 aromatic rings. The molecule has 0 aromatic carbocycles. The molecule has 0 aliphatic carbocycles. The summed E-state index contributed by atoms with van der Waals surface area (Å²) in [4.78, 5) is 0. The highest BCUT2D eigenvalue weighted by molar-refractivity contribution is 4.71. The largest absolute Gasteiger partial charge is 0.375 e. The fourth-order valence-corrected chi connectivity index (χ4v) is 13.1. The van der Waals surface area contributed by atoms with Crippen molar-refractivity contribution >= 4 is 0 Å². The van der Waals surface area contributed by atoms with Crippen LogP contribution in [0, 0.1) is 47.3 Å². The van der Waals surface area contributed by atoms with Crippen molar-refractivity contribution in [1.29, 1.82) is 0 Å². The molecule has 0 aromatic heterocycles. The molecule has 0 N–H and O–H groups in total. The Hall–Kier alpha value is -0.0400. The summed E-state index contributed by atoms with van der Waals surface area (Å²) in [6.45, 7) is 29.4. The summed E-state index contributed by atoms with van der Waals surface area (Å²) >= 11 is 0. The zero-order valence-corrected chi connectivity index (χ0v) is 56.4. The van der Waals surface area contributed by atoms with Gasteiger partial charge in [0.25, 0.3) is 0 Å². The lowest BCUT2D eigenvalue weighted by atomic mass is 9.89. The van der Waals surface area contributed by atoms with Crippen molar-refractivity contribution in [1.82, 2.24) is 0 Å². The molecule has 0 rings (SSSR count). The van der Waals surface area contributed by atoms with Gasteiger partial charge >= 0.3 is 0 Å². The highest BCUT2D eigenvalue weighted by Gasteiger charge is 2.20. The third-order valence-corrected chi connectivity index (χ3v) is 19.1. The Bertz CT molecular complexity index is 1010. The zero-order chi connectivity index (χ0) is 56.7. The highest BCUT2D eigenvalue weighted by atomic mass is 16.5. The van der Waals surface area contributed by atoms with E-state index in [1.807, 2.05) is 0 Å². The van der Waals surface area contributed by atoms with E-state index in [1.165, 1.54) is 347 Å². The fourth-order valence-electron chi connectivity index (χ4n) is 13.1. The van der Waals surface area contributed by atoms with E-state index in [0.29, 0.717) is 12.2 Å². The molecule has 1 heteroatoms. The van der Waals surface area contributed by atoms with E-state index < -0.39 is 0 Å². The van der Waals surface area contributed by atoms with E-state index in [4.69, 9.17) is 4.74 Å². The van der Waals surface area contributed by atoms with Crippen molar-refractivity contribution in [3.63, 3.8) is 0 Å². The molecule has 8 atom stereocenters. The first-order chi connectivity index (χ1) is 37.4. The van der Waals surface area contributed by atoms with Gasteiger partial charge in [0.1, 0.15) is 0 Å². The van der Waals surface area contributed by atoms with E-state index in [9.17, 15) is 0 Å². The molecule has 8 unspecified atom stereocenters. The van der Waals surface area contributed by atoms with Gasteiger partial charge in [-0.1, -0.05) is 391 Å². The SMILES string of the molecule is CCCCCCCCCCCCCCCCCC(CCC(C)CCCC(C)CCCC(C)CCCC(C)C)OC(CCCCCCCCCCCCCCCCC)CCC(C)CCCC(C)CCCC(C)CCCC(C)C. The van der Waals surface area contributed by atoms with Gasteiger partial charge in [0.2, 0.25) is 0 Å². The summed E-state index contributed by atoms with van der Waals surface area (Å²) < 4.78 is 7.47. The molecular formula is C76H154O. The maximum Gasteiger partial charge on any atom is 0.0579 e. The third kappa shape index (κ3) is 58.9. The first kappa shape index (κ1) is 77.0. The van der Waals surface area contributed by atoms with Crippen LogP contribution in [0.2, 0.25) is 0 Å². The van der Waals surface area contributed by atoms with Crippen molar-refractivity contribution < 1.29 is 4.74 Å². The van der Waals surface area contributed by atoms with Gasteiger partial charge in [-0.15, -0.1) is 0 Å². The minimum Gasteiger partial charge on any atom is -0.375 e. The lowest BCUT2D eigenvalue weighted by Gasteiger charge is -2.27. The lowest BCUT2D eigenvalue weighted by molar-refractivity contribution is -0.0352. The van der Waals surface area contributed by atoms with Crippen molar-refractivity contribution in [3.8, 4) is 0 Å². The second-order valence-corrected chi connectivity index (χ2v) is 29.0. The maximum absolute atomic E-state index is 7.47. The van der Waals surface area contributed by atoms with E-state index in [1.54, 1.807) is 0 Å². The van der Waals surface area contributed by atoms with Gasteiger partial charge in [-0.25, -0.2) is 0 Å². The van der Waals surface area contributed by atoms with Gasteiger partial charge in [-0.2, -0.15) is 0 Å². The van der Waals surface area contributed by atoms with Crippen LogP contribution in [0.4, 0.5) is 0 Å². The average Bonchev–Trinajstić information content (AvgIpc) is 3.38. The smallest absolute Gasteiger partial charge is 0.0579 e. The van der Waals surface area contributed by atoms with E-state index in [-0.39, 0.29) is 0 Å².